The van der Waals surface area contributed by atoms with Crippen molar-refractivity contribution in [3.8, 4) is 22.9 Å². The van der Waals surface area contributed by atoms with E-state index < -0.39 is 0 Å². The first-order chi connectivity index (χ1) is 16.4. The second-order valence-corrected chi connectivity index (χ2v) is 8.31. The molecule has 2 aromatic carbocycles. The van der Waals surface area contributed by atoms with Gasteiger partial charge in [0.15, 0.2) is 11.5 Å². The van der Waals surface area contributed by atoms with Gasteiger partial charge in [0.2, 0.25) is 24.4 Å². The van der Waals surface area contributed by atoms with E-state index in [4.69, 9.17) is 14.0 Å². The number of hydrazone groups is 1. The van der Waals surface area contributed by atoms with E-state index in [1.54, 1.807) is 18.2 Å². The third-order valence-electron chi connectivity index (χ3n) is 5.64. The molecule has 2 amide bonds. The molecule has 1 aromatic heterocycles. The molecule has 5 rings (SSSR count). The first-order valence-corrected chi connectivity index (χ1v) is 10.9. The third kappa shape index (κ3) is 4.21. The number of anilines is 1. The molecule has 0 radical (unpaired) electrons. The monoisotopic (exact) mass is 461 g/mol. The smallest absolute Gasteiger partial charge is 0.274 e. The molecule has 0 atom stereocenters. The van der Waals surface area contributed by atoms with Gasteiger partial charge in [-0.05, 0) is 50.1 Å². The zero-order chi connectivity index (χ0) is 23.8. The van der Waals surface area contributed by atoms with E-state index in [0.717, 1.165) is 27.4 Å². The molecule has 0 saturated carbocycles. The second kappa shape index (κ2) is 8.62. The first kappa shape index (κ1) is 21.6. The Morgan fingerprint density at radius 3 is 2.62 bits per heavy atom. The number of nitrogens with zero attached hydrogens (tertiary/aromatic N) is 4. The van der Waals surface area contributed by atoms with Gasteiger partial charge in [-0.2, -0.15) is 10.1 Å². The molecule has 2 aliphatic rings. The largest absolute Gasteiger partial charge is 0.454 e. The zero-order valence-electron chi connectivity index (χ0n) is 19.0. The van der Waals surface area contributed by atoms with Crippen molar-refractivity contribution in [2.75, 3.05) is 18.7 Å². The Kier molecular flexibility index (Phi) is 5.48. The molecule has 1 N–H and O–H groups in total. The maximum Gasteiger partial charge on any atom is 0.274 e. The van der Waals surface area contributed by atoms with Gasteiger partial charge >= 0.3 is 0 Å². The van der Waals surface area contributed by atoms with E-state index in [2.05, 4.69) is 20.6 Å². The summed E-state index contributed by atoms with van der Waals surface area (Å²) < 4.78 is 16.1. The number of aryl methyl sites for hydroxylation is 3. The summed E-state index contributed by atoms with van der Waals surface area (Å²) in [6.07, 6.45) is 0.534. The molecule has 0 unspecified atom stereocenters. The Hall–Kier alpha value is -4.21. The predicted molar refractivity (Wildman–Crippen MR) is 123 cm³/mol. The van der Waals surface area contributed by atoms with Crippen molar-refractivity contribution in [1.29, 1.82) is 0 Å². The molecule has 10 heteroatoms. The number of ether oxygens (including phenoxy) is 2. The van der Waals surface area contributed by atoms with Crippen molar-refractivity contribution in [2.24, 2.45) is 5.10 Å². The number of amides is 2. The fourth-order valence-electron chi connectivity index (χ4n) is 4.06. The Labute approximate surface area is 195 Å². The minimum absolute atomic E-state index is 0.174. The summed E-state index contributed by atoms with van der Waals surface area (Å²) in [5, 5.41) is 12.4. The number of carbonyl (C=O) groups excluding carboxylic acids is 2. The van der Waals surface area contributed by atoms with Crippen LogP contribution in [0.1, 0.15) is 35.4 Å². The molecule has 174 valence electrons. The van der Waals surface area contributed by atoms with Gasteiger partial charge in [-0.15, -0.1) is 0 Å². The Bertz CT molecular complexity index is 1310. The van der Waals surface area contributed by atoms with Crippen molar-refractivity contribution >= 4 is 23.2 Å². The highest BCUT2D eigenvalue weighted by Gasteiger charge is 2.27. The molecule has 0 bridgehead atoms. The van der Waals surface area contributed by atoms with E-state index in [-0.39, 0.29) is 37.5 Å². The normalized spacial score (nSPS) is 14.9. The summed E-state index contributed by atoms with van der Waals surface area (Å²) in [6, 6.07) is 9.35. The number of hydrogen-bond donors (Lipinski definition) is 1. The topological polar surface area (TPSA) is 119 Å². The van der Waals surface area contributed by atoms with Gasteiger partial charge in [0, 0.05) is 24.1 Å². The standard InChI is InChI=1S/C24H23N5O5/c1-13-8-14(2)22(15(3)9-13)25-20(30)11-29-21(31)7-5-17(27-29)24-26-23(28-34-24)16-4-6-18-19(10-16)33-12-32-18/h4,6,8-10H,5,7,11-12H2,1-3H3,(H,25,30). The molecule has 0 spiro atoms. The van der Waals surface area contributed by atoms with Gasteiger partial charge in [-0.3, -0.25) is 9.59 Å². The molecular formula is C24H23N5O5. The zero-order valence-corrected chi connectivity index (χ0v) is 19.0. The Balaban J connectivity index is 1.32. The average molecular weight is 461 g/mol. The van der Waals surface area contributed by atoms with Crippen LogP contribution in [0.4, 0.5) is 5.69 Å². The summed E-state index contributed by atoms with van der Waals surface area (Å²) in [6.45, 7) is 5.84. The molecule has 3 heterocycles. The highest BCUT2D eigenvalue weighted by molar-refractivity contribution is 6.02. The first-order valence-electron chi connectivity index (χ1n) is 10.9. The number of nitrogens with one attached hydrogen (secondary N) is 1. The summed E-state index contributed by atoms with van der Waals surface area (Å²) in [4.78, 5) is 29.5. The molecule has 3 aromatic rings. The Morgan fingerprint density at radius 1 is 1.06 bits per heavy atom. The number of carbonyl (C=O) groups is 2. The van der Waals surface area contributed by atoms with Crippen LogP contribution in [-0.2, 0) is 9.59 Å². The van der Waals surface area contributed by atoms with Crippen LogP contribution in [0.3, 0.4) is 0 Å². The Morgan fingerprint density at radius 2 is 1.82 bits per heavy atom. The van der Waals surface area contributed by atoms with Gasteiger partial charge in [0.1, 0.15) is 12.3 Å². The van der Waals surface area contributed by atoms with Crippen LogP contribution in [0.2, 0.25) is 0 Å². The lowest BCUT2D eigenvalue weighted by molar-refractivity contribution is -0.135. The molecule has 34 heavy (non-hydrogen) atoms. The SMILES string of the molecule is Cc1cc(C)c(NC(=O)CN2N=C(c3nc(-c4ccc5c(c4)OCO5)no3)CCC2=O)c(C)c1. The lowest BCUT2D eigenvalue weighted by Gasteiger charge is -2.22. The van der Waals surface area contributed by atoms with Crippen molar-refractivity contribution in [2.45, 2.75) is 33.6 Å². The lowest BCUT2D eigenvalue weighted by Crippen LogP contribution is -2.38. The summed E-state index contributed by atoms with van der Waals surface area (Å²) in [5.41, 5.74) is 4.94. The number of aromatic nitrogens is 2. The predicted octanol–water partition coefficient (Wildman–Crippen LogP) is 3.36. The fourth-order valence-corrected chi connectivity index (χ4v) is 4.06. The van der Waals surface area contributed by atoms with Crippen LogP contribution in [-0.4, -0.2) is 46.0 Å². The highest BCUT2D eigenvalue weighted by Crippen LogP contribution is 2.35. The van der Waals surface area contributed by atoms with Crippen molar-refractivity contribution in [3.63, 3.8) is 0 Å². The second-order valence-electron chi connectivity index (χ2n) is 8.31. The maximum atomic E-state index is 12.7. The van der Waals surface area contributed by atoms with Gasteiger partial charge in [-0.25, -0.2) is 5.01 Å². The minimum Gasteiger partial charge on any atom is -0.454 e. The molecule has 0 fully saturated rings. The van der Waals surface area contributed by atoms with Crippen LogP contribution in [0, 0.1) is 20.8 Å². The van der Waals surface area contributed by atoms with Crippen LogP contribution in [0.15, 0.2) is 40.0 Å². The summed E-state index contributed by atoms with van der Waals surface area (Å²) >= 11 is 0. The molecule has 0 aliphatic carbocycles. The number of rotatable bonds is 5. The van der Waals surface area contributed by atoms with Crippen LogP contribution >= 0.6 is 0 Å². The quantitative estimate of drug-likeness (QED) is 0.619. The number of benzene rings is 2. The van der Waals surface area contributed by atoms with Gasteiger partial charge in [0.25, 0.3) is 5.89 Å². The van der Waals surface area contributed by atoms with Crippen LogP contribution in [0.25, 0.3) is 11.4 Å². The van der Waals surface area contributed by atoms with Crippen LogP contribution < -0.4 is 14.8 Å². The summed E-state index contributed by atoms with van der Waals surface area (Å²) in [7, 11) is 0. The van der Waals surface area contributed by atoms with Gasteiger partial charge in [0.05, 0.1) is 0 Å². The van der Waals surface area contributed by atoms with Crippen molar-refractivity contribution < 1.29 is 23.6 Å². The van der Waals surface area contributed by atoms with Gasteiger partial charge in [-0.1, -0.05) is 22.9 Å². The summed E-state index contributed by atoms with van der Waals surface area (Å²) in [5.74, 6) is 1.26. The van der Waals surface area contributed by atoms with E-state index in [9.17, 15) is 9.59 Å². The average Bonchev–Trinajstić information content (AvgIpc) is 3.47. The maximum absolute atomic E-state index is 12.7. The van der Waals surface area contributed by atoms with Crippen molar-refractivity contribution in [3.05, 3.63) is 52.9 Å². The molecular weight excluding hydrogens is 438 g/mol. The number of hydrogen-bond acceptors (Lipinski definition) is 8. The lowest BCUT2D eigenvalue weighted by atomic mass is 10.1. The molecule has 2 aliphatic heterocycles. The minimum atomic E-state index is -0.333. The highest BCUT2D eigenvalue weighted by atomic mass is 16.7. The van der Waals surface area contributed by atoms with Gasteiger partial charge < -0.3 is 19.3 Å². The fraction of sp³-hybridized carbons (Fsp3) is 0.292. The third-order valence-corrected chi connectivity index (χ3v) is 5.64. The van der Waals surface area contributed by atoms with E-state index in [1.165, 1.54) is 0 Å². The van der Waals surface area contributed by atoms with Crippen LogP contribution in [0.5, 0.6) is 11.5 Å². The van der Waals surface area contributed by atoms with E-state index >= 15 is 0 Å². The van der Waals surface area contributed by atoms with Crippen molar-refractivity contribution in [1.82, 2.24) is 15.1 Å². The number of fused-ring (bicyclic) bond motifs is 1. The molecule has 10 nitrogen and oxygen atoms in total. The molecule has 0 saturated heterocycles. The van der Waals surface area contributed by atoms with E-state index in [1.807, 2.05) is 32.9 Å². The van der Waals surface area contributed by atoms with E-state index in [0.29, 0.717) is 35.0 Å².